The molecule has 1 aliphatic rings. The molecule has 0 saturated carbocycles. The summed E-state index contributed by atoms with van der Waals surface area (Å²) >= 11 is 0. The molecule has 6 rings (SSSR count). The lowest BCUT2D eigenvalue weighted by molar-refractivity contribution is -0.148. The van der Waals surface area contributed by atoms with Crippen molar-refractivity contribution in [2.24, 2.45) is 5.16 Å². The van der Waals surface area contributed by atoms with E-state index in [1.807, 2.05) is 84.9 Å². The molecule has 5 aromatic rings. The molecule has 0 aliphatic carbocycles. The number of aromatic nitrogens is 2. The van der Waals surface area contributed by atoms with Gasteiger partial charge in [0.25, 0.3) is 0 Å². The van der Waals surface area contributed by atoms with Crippen molar-refractivity contribution in [1.82, 2.24) is 9.97 Å². The van der Waals surface area contributed by atoms with Gasteiger partial charge in [0.15, 0.2) is 0 Å². The van der Waals surface area contributed by atoms with Crippen LogP contribution in [0.15, 0.2) is 114 Å². The lowest BCUT2D eigenvalue weighted by Crippen LogP contribution is -2.19. The van der Waals surface area contributed by atoms with E-state index in [4.69, 9.17) is 14.9 Å². The van der Waals surface area contributed by atoms with Crippen LogP contribution in [-0.2, 0) is 25.6 Å². The first-order valence-electron chi connectivity index (χ1n) is 18.1. The molecule has 4 aromatic carbocycles. The fourth-order valence-corrected chi connectivity index (χ4v) is 6.15. The highest BCUT2D eigenvalue weighted by Crippen LogP contribution is 2.34. The summed E-state index contributed by atoms with van der Waals surface area (Å²) in [4.78, 5) is 48.5. The number of aliphatic carboxylic acids is 2. The zero-order valence-corrected chi connectivity index (χ0v) is 30.0. The average molecular weight is 723 g/mol. The zero-order valence-electron chi connectivity index (χ0n) is 30.0. The number of unbranched alkanes of at least 4 members (excludes halogenated alkanes) is 4. The summed E-state index contributed by atoms with van der Waals surface area (Å²) in [6.45, 7) is 2.22. The predicted molar refractivity (Wildman–Crippen MR) is 212 cm³/mol. The summed E-state index contributed by atoms with van der Waals surface area (Å²) in [6.07, 6.45) is 12.4. The molecular weight excluding hydrogens is 681 g/mol. The lowest BCUT2D eigenvalue weighted by atomic mass is 10.0. The van der Waals surface area contributed by atoms with Crippen LogP contribution in [0.4, 0.5) is 5.69 Å². The number of oxime groups is 1. The minimum atomic E-state index is -1.05. The third-order valence-corrected chi connectivity index (χ3v) is 9.16. The Labute approximate surface area is 313 Å². The standard InChI is InChI=1S/C44H42N4O6/c1-2-3-4-5-6-7-29-12-24-36(25-13-29)45-39(49)26-14-30-8-16-33(17-9-30)41-42(34-18-10-31(11-19-34)15-27-40(50)51)47-43(46-41)35-22-20-32(21-23-35)37-28-38(44(52)53)54-48-37/h8-27,38H,2-7,28H2,1H3,(H,45,49)(H,46,47)(H,50,51)(H,52,53)/b26-14?,27-15+. The number of H-pyrrole nitrogens is 1. The number of carbonyl (C=O) groups excluding carboxylic acids is 1. The van der Waals surface area contributed by atoms with Crippen LogP contribution < -0.4 is 5.32 Å². The molecule has 0 saturated heterocycles. The molecule has 1 aromatic heterocycles. The van der Waals surface area contributed by atoms with Crippen LogP contribution in [0, 0.1) is 0 Å². The molecule has 0 spiro atoms. The first-order valence-corrected chi connectivity index (χ1v) is 18.1. The molecule has 0 fully saturated rings. The Morgan fingerprint density at radius 3 is 2.00 bits per heavy atom. The third kappa shape index (κ3) is 9.86. The van der Waals surface area contributed by atoms with Gasteiger partial charge in [-0.25, -0.2) is 14.6 Å². The number of benzene rings is 4. The Morgan fingerprint density at radius 1 is 0.759 bits per heavy atom. The second-order valence-electron chi connectivity index (χ2n) is 13.2. The molecule has 4 N–H and O–H groups in total. The summed E-state index contributed by atoms with van der Waals surface area (Å²) in [6, 6.07) is 30.8. The molecular formula is C44H42N4O6. The number of nitrogens with one attached hydrogen (secondary N) is 2. The number of amides is 1. The van der Waals surface area contributed by atoms with Crippen molar-refractivity contribution in [2.75, 3.05) is 5.32 Å². The summed E-state index contributed by atoms with van der Waals surface area (Å²) in [5, 5.41) is 25.2. The van der Waals surface area contributed by atoms with E-state index in [2.05, 4.69) is 34.5 Å². The second-order valence-corrected chi connectivity index (χ2v) is 13.2. The van der Waals surface area contributed by atoms with Gasteiger partial charge in [0.2, 0.25) is 12.0 Å². The van der Waals surface area contributed by atoms with E-state index in [9.17, 15) is 19.5 Å². The molecule has 274 valence electrons. The Morgan fingerprint density at radius 2 is 1.37 bits per heavy atom. The third-order valence-electron chi connectivity index (χ3n) is 9.16. The number of carboxylic acid groups (broad SMARTS) is 2. The maximum absolute atomic E-state index is 12.7. The number of aromatic amines is 1. The van der Waals surface area contributed by atoms with E-state index in [-0.39, 0.29) is 12.3 Å². The van der Waals surface area contributed by atoms with Gasteiger partial charge in [-0.05, 0) is 59.4 Å². The Balaban J connectivity index is 1.17. The molecule has 10 nitrogen and oxygen atoms in total. The second kappa shape index (κ2) is 17.8. The van der Waals surface area contributed by atoms with Gasteiger partial charge in [-0.3, -0.25) is 4.79 Å². The number of carboxylic acids is 2. The van der Waals surface area contributed by atoms with Gasteiger partial charge in [-0.15, -0.1) is 0 Å². The van der Waals surface area contributed by atoms with Gasteiger partial charge < -0.3 is 25.4 Å². The molecule has 10 heteroatoms. The van der Waals surface area contributed by atoms with Crippen molar-refractivity contribution in [3.8, 4) is 33.9 Å². The van der Waals surface area contributed by atoms with Crippen LogP contribution in [0.2, 0.25) is 0 Å². The fraction of sp³-hybridized carbons (Fsp3) is 0.205. The zero-order chi connectivity index (χ0) is 37.9. The van der Waals surface area contributed by atoms with Gasteiger partial charge in [0, 0.05) is 41.0 Å². The molecule has 1 unspecified atom stereocenters. The number of aryl methyl sites for hydroxylation is 1. The fourth-order valence-electron chi connectivity index (χ4n) is 6.15. The van der Waals surface area contributed by atoms with Crippen LogP contribution in [-0.4, -0.2) is 49.8 Å². The van der Waals surface area contributed by atoms with Gasteiger partial charge in [-0.2, -0.15) is 0 Å². The SMILES string of the molecule is CCCCCCCc1ccc(NC(=O)C=Cc2ccc(-c3[nH]c(-c4ccc(C5=NOC(C(=O)O)C5)cc4)nc3-c3ccc(/C=C/C(=O)O)cc3)cc2)cc1. The molecule has 2 heterocycles. The largest absolute Gasteiger partial charge is 0.478 e. The summed E-state index contributed by atoms with van der Waals surface area (Å²) < 4.78 is 0. The molecule has 54 heavy (non-hydrogen) atoms. The van der Waals surface area contributed by atoms with E-state index < -0.39 is 18.0 Å². The number of nitrogens with zero attached hydrogens (tertiary/aromatic N) is 2. The number of rotatable bonds is 16. The number of hydrogen-bond acceptors (Lipinski definition) is 6. The Bertz CT molecular complexity index is 2160. The summed E-state index contributed by atoms with van der Waals surface area (Å²) in [7, 11) is 0. The van der Waals surface area contributed by atoms with E-state index in [1.165, 1.54) is 49.8 Å². The van der Waals surface area contributed by atoms with Gasteiger partial charge in [-0.1, -0.05) is 123 Å². The van der Waals surface area contributed by atoms with Gasteiger partial charge in [0.05, 0.1) is 17.1 Å². The summed E-state index contributed by atoms with van der Waals surface area (Å²) in [5.74, 6) is -1.67. The normalized spacial score (nSPS) is 13.9. The monoisotopic (exact) mass is 722 g/mol. The van der Waals surface area contributed by atoms with Crippen molar-refractivity contribution in [1.29, 1.82) is 0 Å². The Hall–Kier alpha value is -6.55. The van der Waals surface area contributed by atoms with Crippen molar-refractivity contribution in [2.45, 2.75) is 58.0 Å². The van der Waals surface area contributed by atoms with E-state index in [1.54, 1.807) is 6.08 Å². The smallest absolute Gasteiger partial charge is 0.348 e. The molecule has 1 aliphatic heterocycles. The van der Waals surface area contributed by atoms with Crippen molar-refractivity contribution in [3.63, 3.8) is 0 Å². The number of carbonyl (C=O) groups is 3. The van der Waals surface area contributed by atoms with E-state index >= 15 is 0 Å². The maximum atomic E-state index is 12.7. The van der Waals surface area contributed by atoms with Gasteiger partial charge >= 0.3 is 11.9 Å². The van der Waals surface area contributed by atoms with Crippen molar-refractivity contribution < 1.29 is 29.4 Å². The van der Waals surface area contributed by atoms with E-state index in [0.29, 0.717) is 17.2 Å². The predicted octanol–water partition coefficient (Wildman–Crippen LogP) is 9.25. The van der Waals surface area contributed by atoms with Crippen molar-refractivity contribution in [3.05, 3.63) is 131 Å². The number of anilines is 1. The number of imidazole rings is 1. The topological polar surface area (TPSA) is 154 Å². The summed E-state index contributed by atoms with van der Waals surface area (Å²) in [5.41, 5.74) is 8.94. The van der Waals surface area contributed by atoms with Crippen LogP contribution in [0.25, 0.3) is 46.1 Å². The highest BCUT2D eigenvalue weighted by molar-refractivity contribution is 6.04. The molecule has 0 bridgehead atoms. The first-order chi connectivity index (χ1) is 26.2. The van der Waals surface area contributed by atoms with Crippen LogP contribution in [0.3, 0.4) is 0 Å². The van der Waals surface area contributed by atoms with Crippen LogP contribution in [0.5, 0.6) is 0 Å². The highest BCUT2D eigenvalue weighted by Gasteiger charge is 2.28. The molecule has 0 radical (unpaired) electrons. The van der Waals surface area contributed by atoms with Crippen molar-refractivity contribution >= 4 is 41.4 Å². The minimum absolute atomic E-state index is 0.185. The lowest BCUT2D eigenvalue weighted by Gasteiger charge is -2.06. The van der Waals surface area contributed by atoms with Crippen LogP contribution in [0.1, 0.15) is 67.7 Å². The highest BCUT2D eigenvalue weighted by atomic mass is 16.7. The van der Waals surface area contributed by atoms with Crippen LogP contribution >= 0.6 is 0 Å². The van der Waals surface area contributed by atoms with E-state index in [0.717, 1.165) is 57.3 Å². The first kappa shape index (κ1) is 37.2. The average Bonchev–Trinajstić information content (AvgIpc) is 3.87. The minimum Gasteiger partial charge on any atom is -0.478 e. The maximum Gasteiger partial charge on any atom is 0.348 e. The molecule has 1 atom stereocenters. The van der Waals surface area contributed by atoms with Gasteiger partial charge in [0.1, 0.15) is 5.82 Å². The quantitative estimate of drug-likeness (QED) is 0.0585. The molecule has 1 amide bonds. The Kier molecular flexibility index (Phi) is 12.3. The number of hydrogen-bond donors (Lipinski definition) is 4.